The summed E-state index contributed by atoms with van der Waals surface area (Å²) in [6, 6.07) is 0. The Bertz CT molecular complexity index is 433. The number of halogens is 1. The first-order valence-corrected chi connectivity index (χ1v) is 7.00. The fraction of sp³-hybridized carbons (Fsp3) is 0.857. The van der Waals surface area contributed by atoms with Crippen molar-refractivity contribution in [1.82, 2.24) is 4.90 Å². The van der Waals surface area contributed by atoms with Crippen molar-refractivity contribution in [2.24, 2.45) is 5.41 Å². The lowest BCUT2D eigenvalue weighted by atomic mass is 9.66. The lowest BCUT2D eigenvalue weighted by Gasteiger charge is -2.39. The number of ether oxygens (including phenoxy) is 1. The number of amides is 1. The molecule has 1 N–H and O–H groups in total. The number of aliphatic carboxylic acids is 1. The van der Waals surface area contributed by atoms with Crippen molar-refractivity contribution in [1.29, 1.82) is 0 Å². The number of carboxylic acids is 1. The molecule has 2 atom stereocenters. The normalized spacial score (nSPS) is 33.7. The summed E-state index contributed by atoms with van der Waals surface area (Å²) in [6.07, 6.45) is 1.18. The molecular weight excluding hydrogens is 265 g/mol. The largest absolute Gasteiger partial charge is 0.481 e. The summed E-state index contributed by atoms with van der Waals surface area (Å²) in [5.74, 6) is -1.15. The minimum absolute atomic E-state index is 0.103. The van der Waals surface area contributed by atoms with Crippen molar-refractivity contribution >= 4 is 12.1 Å². The van der Waals surface area contributed by atoms with Gasteiger partial charge in [-0.15, -0.1) is 0 Å². The van der Waals surface area contributed by atoms with Crippen LogP contribution in [0.5, 0.6) is 0 Å². The number of carbonyl (C=O) groups is 2. The van der Waals surface area contributed by atoms with E-state index in [2.05, 4.69) is 0 Å². The minimum atomic E-state index is -1.84. The number of hydrogen-bond acceptors (Lipinski definition) is 3. The number of likely N-dealkylation sites (tertiary alicyclic amines) is 1. The van der Waals surface area contributed by atoms with Gasteiger partial charge in [0, 0.05) is 6.54 Å². The first-order chi connectivity index (χ1) is 9.10. The lowest BCUT2D eigenvalue weighted by molar-refractivity contribution is -0.159. The van der Waals surface area contributed by atoms with Gasteiger partial charge in [0.2, 0.25) is 0 Å². The van der Waals surface area contributed by atoms with E-state index in [4.69, 9.17) is 4.74 Å². The van der Waals surface area contributed by atoms with Gasteiger partial charge in [0.1, 0.15) is 16.7 Å². The fourth-order valence-electron chi connectivity index (χ4n) is 3.25. The van der Waals surface area contributed by atoms with E-state index in [1.807, 2.05) is 0 Å². The number of hydrogen-bond donors (Lipinski definition) is 1. The number of alkyl halides is 1. The van der Waals surface area contributed by atoms with Gasteiger partial charge in [-0.05, 0) is 33.6 Å². The molecular formula is C14H22FNO4. The topological polar surface area (TPSA) is 66.8 Å². The highest BCUT2D eigenvalue weighted by Gasteiger charge is 2.65. The Kier molecular flexibility index (Phi) is 3.47. The standard InChI is InChI=1S/C14H22FNO4/c1-12(2,3)20-11(19)16-8-13(10(17)18)6-4-5-7-14(13,15)9-16/h4-9H2,1-3H3,(H,17,18)/t13-,14-/m0/s1. The van der Waals surface area contributed by atoms with Crippen molar-refractivity contribution in [3.8, 4) is 0 Å². The van der Waals surface area contributed by atoms with E-state index in [0.29, 0.717) is 12.8 Å². The molecule has 1 aliphatic carbocycles. The zero-order chi connectivity index (χ0) is 15.2. The number of carbonyl (C=O) groups excluding carboxylic acids is 1. The average Bonchev–Trinajstić information content (AvgIpc) is 2.61. The first kappa shape index (κ1) is 15.1. The van der Waals surface area contributed by atoms with E-state index in [1.54, 1.807) is 20.8 Å². The van der Waals surface area contributed by atoms with Crippen molar-refractivity contribution in [2.75, 3.05) is 13.1 Å². The molecule has 0 aromatic rings. The molecule has 0 aromatic heterocycles. The lowest BCUT2D eigenvalue weighted by Crippen LogP contribution is -2.51. The SMILES string of the molecule is CC(C)(C)OC(=O)N1C[C@@]2(F)CCCC[C@@]2(C(=O)O)C1. The summed E-state index contributed by atoms with van der Waals surface area (Å²) >= 11 is 0. The van der Waals surface area contributed by atoms with Gasteiger partial charge in [-0.3, -0.25) is 4.79 Å². The maximum atomic E-state index is 15.1. The van der Waals surface area contributed by atoms with Crippen molar-refractivity contribution in [3.63, 3.8) is 0 Å². The van der Waals surface area contributed by atoms with Gasteiger partial charge >= 0.3 is 12.1 Å². The monoisotopic (exact) mass is 287 g/mol. The predicted molar refractivity (Wildman–Crippen MR) is 70.2 cm³/mol. The smallest absolute Gasteiger partial charge is 0.410 e. The van der Waals surface area contributed by atoms with E-state index < -0.39 is 28.7 Å². The number of rotatable bonds is 1. The van der Waals surface area contributed by atoms with Crippen LogP contribution in [0.4, 0.5) is 9.18 Å². The highest BCUT2D eigenvalue weighted by atomic mass is 19.1. The van der Waals surface area contributed by atoms with Gasteiger partial charge in [0.05, 0.1) is 6.54 Å². The zero-order valence-corrected chi connectivity index (χ0v) is 12.2. The molecule has 2 rings (SSSR count). The summed E-state index contributed by atoms with van der Waals surface area (Å²) in [6.45, 7) is 4.90. The number of carboxylic acid groups (broad SMARTS) is 1. The third-order valence-electron chi connectivity index (χ3n) is 4.25. The Morgan fingerprint density at radius 2 is 1.80 bits per heavy atom. The molecule has 0 spiro atoms. The van der Waals surface area contributed by atoms with E-state index in [-0.39, 0.29) is 25.9 Å². The minimum Gasteiger partial charge on any atom is -0.481 e. The summed E-state index contributed by atoms with van der Waals surface area (Å²) in [4.78, 5) is 24.9. The van der Waals surface area contributed by atoms with Crippen molar-refractivity contribution < 1.29 is 23.8 Å². The van der Waals surface area contributed by atoms with Crippen LogP contribution in [0.3, 0.4) is 0 Å². The van der Waals surface area contributed by atoms with E-state index >= 15 is 4.39 Å². The first-order valence-electron chi connectivity index (χ1n) is 7.00. The summed E-state index contributed by atoms with van der Waals surface area (Å²) in [5.41, 5.74) is -3.99. The maximum absolute atomic E-state index is 15.1. The molecule has 114 valence electrons. The Balaban J connectivity index is 2.22. The Labute approximate surface area is 118 Å². The van der Waals surface area contributed by atoms with Gasteiger partial charge in [0.15, 0.2) is 0 Å². The molecule has 0 bridgehead atoms. The van der Waals surface area contributed by atoms with Gasteiger partial charge in [-0.25, -0.2) is 9.18 Å². The molecule has 6 heteroatoms. The van der Waals surface area contributed by atoms with Crippen LogP contribution in [0.1, 0.15) is 46.5 Å². The molecule has 2 aliphatic rings. The van der Waals surface area contributed by atoms with Gasteiger partial charge in [0.25, 0.3) is 0 Å². The molecule has 1 heterocycles. The number of nitrogens with zero attached hydrogens (tertiary/aromatic N) is 1. The van der Waals surface area contributed by atoms with E-state index in [1.165, 1.54) is 4.90 Å². The van der Waals surface area contributed by atoms with Crippen LogP contribution in [0.15, 0.2) is 0 Å². The molecule has 0 aromatic carbocycles. The van der Waals surface area contributed by atoms with Gasteiger partial charge in [-0.2, -0.15) is 0 Å². The van der Waals surface area contributed by atoms with Crippen LogP contribution < -0.4 is 0 Å². The molecule has 1 saturated carbocycles. The van der Waals surface area contributed by atoms with Crippen LogP contribution in [0.2, 0.25) is 0 Å². The summed E-state index contributed by atoms with van der Waals surface area (Å²) in [7, 11) is 0. The third-order valence-corrected chi connectivity index (χ3v) is 4.25. The second-order valence-corrected chi connectivity index (χ2v) is 6.90. The van der Waals surface area contributed by atoms with E-state index in [9.17, 15) is 14.7 Å². The zero-order valence-electron chi connectivity index (χ0n) is 12.2. The third kappa shape index (κ3) is 2.36. The molecule has 5 nitrogen and oxygen atoms in total. The molecule has 0 unspecified atom stereocenters. The average molecular weight is 287 g/mol. The fourth-order valence-corrected chi connectivity index (χ4v) is 3.25. The van der Waals surface area contributed by atoms with Gasteiger partial charge < -0.3 is 14.7 Å². The van der Waals surface area contributed by atoms with Gasteiger partial charge in [-0.1, -0.05) is 12.8 Å². The highest BCUT2D eigenvalue weighted by Crippen LogP contribution is 2.52. The van der Waals surface area contributed by atoms with Crippen molar-refractivity contribution in [3.05, 3.63) is 0 Å². The van der Waals surface area contributed by atoms with Crippen LogP contribution in [0, 0.1) is 5.41 Å². The maximum Gasteiger partial charge on any atom is 0.410 e. The highest BCUT2D eigenvalue weighted by molar-refractivity contribution is 5.80. The Morgan fingerprint density at radius 1 is 1.20 bits per heavy atom. The second kappa shape index (κ2) is 4.60. The Hall–Kier alpha value is -1.33. The molecule has 1 saturated heterocycles. The van der Waals surface area contributed by atoms with E-state index in [0.717, 1.165) is 0 Å². The van der Waals surface area contributed by atoms with Crippen LogP contribution in [-0.2, 0) is 9.53 Å². The second-order valence-electron chi connectivity index (χ2n) is 6.90. The molecule has 1 amide bonds. The van der Waals surface area contributed by atoms with Crippen molar-refractivity contribution in [2.45, 2.75) is 57.7 Å². The summed E-state index contributed by atoms with van der Waals surface area (Å²) in [5, 5.41) is 9.48. The van der Waals surface area contributed by atoms with Crippen LogP contribution >= 0.6 is 0 Å². The molecule has 2 fully saturated rings. The molecule has 20 heavy (non-hydrogen) atoms. The Morgan fingerprint density at radius 3 is 2.30 bits per heavy atom. The number of fused-ring (bicyclic) bond motifs is 1. The van der Waals surface area contributed by atoms with Crippen LogP contribution in [0.25, 0.3) is 0 Å². The molecule has 1 aliphatic heterocycles. The quantitative estimate of drug-likeness (QED) is 0.805. The predicted octanol–water partition coefficient (Wildman–Crippen LogP) is 2.59. The van der Waals surface area contributed by atoms with Crippen LogP contribution in [-0.4, -0.2) is 46.4 Å². The molecule has 0 radical (unpaired) electrons. The summed E-state index contributed by atoms with van der Waals surface area (Å²) < 4.78 is 20.3.